The zero-order chi connectivity index (χ0) is 23.9. The van der Waals surface area contributed by atoms with Crippen LogP contribution in [0.1, 0.15) is 5.56 Å². The largest absolute Gasteiger partial charge is 0.431 e. The summed E-state index contributed by atoms with van der Waals surface area (Å²) in [6, 6.07) is 16.9. The molecule has 34 heavy (non-hydrogen) atoms. The van der Waals surface area contributed by atoms with Gasteiger partial charge in [-0.3, -0.25) is 30.1 Å². The van der Waals surface area contributed by atoms with E-state index >= 15 is 0 Å². The summed E-state index contributed by atoms with van der Waals surface area (Å²) in [5, 5.41) is 0.355. The second kappa shape index (κ2) is 11.1. The summed E-state index contributed by atoms with van der Waals surface area (Å²) in [5.74, 6) is -1.39. The number of rotatable bonds is 7. The Hall–Kier alpha value is -3.41. The Morgan fingerprint density at radius 1 is 1.09 bits per heavy atom. The Kier molecular flexibility index (Phi) is 7.78. The molecule has 1 aliphatic rings. The van der Waals surface area contributed by atoms with E-state index in [1.54, 1.807) is 18.2 Å². The molecule has 2 N–H and O–H groups in total. The van der Waals surface area contributed by atoms with Crippen molar-refractivity contribution in [1.82, 2.24) is 20.7 Å². The normalized spacial score (nSPS) is 14.9. The summed E-state index contributed by atoms with van der Waals surface area (Å²) in [6.45, 7) is -0.303. The maximum absolute atomic E-state index is 12.6. The zero-order valence-corrected chi connectivity index (χ0v) is 20.0. The molecule has 172 valence electrons. The van der Waals surface area contributed by atoms with Gasteiger partial charge in [0.2, 0.25) is 5.91 Å². The molecule has 2 aromatic carbocycles. The van der Waals surface area contributed by atoms with Crippen molar-refractivity contribution in [2.45, 2.75) is 5.22 Å². The van der Waals surface area contributed by atoms with Gasteiger partial charge in [-0.2, -0.15) is 0 Å². The third-order valence-corrected chi connectivity index (χ3v) is 6.68. The van der Waals surface area contributed by atoms with Crippen LogP contribution < -0.4 is 10.9 Å². The van der Waals surface area contributed by atoms with Gasteiger partial charge in [-0.05, 0) is 23.8 Å². The lowest BCUT2D eigenvalue weighted by Crippen LogP contribution is -2.47. The van der Waals surface area contributed by atoms with Gasteiger partial charge in [0, 0.05) is 0 Å². The van der Waals surface area contributed by atoms with Crippen molar-refractivity contribution in [3.63, 3.8) is 0 Å². The number of fused-ring (bicyclic) bond motifs is 1. The van der Waals surface area contributed by atoms with Crippen molar-refractivity contribution in [3.8, 4) is 0 Å². The predicted octanol–water partition coefficient (Wildman–Crippen LogP) is 3.52. The molecule has 1 aromatic heterocycles. The first-order valence-corrected chi connectivity index (χ1v) is 12.2. The first-order valence-electron chi connectivity index (χ1n) is 10.0. The quantitative estimate of drug-likeness (QED) is 0.215. The number of amides is 3. The molecule has 4 rings (SSSR count). The fraction of sp³-hybridized carbons (Fsp3) is 0.0870. The molecule has 0 radical (unpaired) electrons. The Balaban J connectivity index is 1.23. The topological polar surface area (TPSA) is 105 Å². The Morgan fingerprint density at radius 3 is 2.62 bits per heavy atom. The first kappa shape index (κ1) is 23.7. The van der Waals surface area contributed by atoms with Gasteiger partial charge in [0.15, 0.2) is 5.58 Å². The highest BCUT2D eigenvalue weighted by Crippen LogP contribution is 2.30. The lowest BCUT2D eigenvalue weighted by molar-refractivity contribution is -0.131. The third kappa shape index (κ3) is 6.13. The van der Waals surface area contributed by atoms with E-state index < -0.39 is 11.8 Å². The first-order chi connectivity index (χ1) is 16.5. The van der Waals surface area contributed by atoms with E-state index in [1.807, 2.05) is 54.6 Å². The minimum Gasteiger partial charge on any atom is -0.431 e. The molecule has 0 unspecified atom stereocenters. The number of hydrogen-bond acceptors (Lipinski definition) is 8. The SMILES string of the molecule is O=C(CSc1nc2ccccc2o1)NNC(=O)CN1C(=O)/C(=C/C=C/c2ccccc2)SC1=S. The number of carbonyl (C=O) groups is 3. The number of carbonyl (C=O) groups excluding carboxylic acids is 3. The van der Waals surface area contributed by atoms with Crippen molar-refractivity contribution >= 4 is 75.0 Å². The lowest BCUT2D eigenvalue weighted by atomic mass is 10.2. The number of thiocarbonyl (C=S) groups is 1. The van der Waals surface area contributed by atoms with Gasteiger partial charge in [-0.1, -0.05) is 90.4 Å². The number of hydrazine groups is 1. The van der Waals surface area contributed by atoms with Crippen LogP contribution in [0.3, 0.4) is 0 Å². The van der Waals surface area contributed by atoms with Crippen LogP contribution in [-0.4, -0.2) is 44.2 Å². The van der Waals surface area contributed by atoms with Crippen LogP contribution in [0.15, 0.2) is 81.3 Å². The summed E-state index contributed by atoms with van der Waals surface area (Å²) in [4.78, 5) is 42.8. The number of oxazole rings is 1. The van der Waals surface area contributed by atoms with Gasteiger partial charge < -0.3 is 4.42 Å². The van der Waals surface area contributed by atoms with E-state index in [4.69, 9.17) is 16.6 Å². The van der Waals surface area contributed by atoms with Crippen LogP contribution in [0, 0.1) is 0 Å². The van der Waals surface area contributed by atoms with Gasteiger partial charge in [0.25, 0.3) is 17.0 Å². The molecule has 8 nitrogen and oxygen atoms in total. The monoisotopic (exact) mass is 510 g/mol. The smallest absolute Gasteiger partial charge is 0.266 e. The summed E-state index contributed by atoms with van der Waals surface area (Å²) in [5.41, 5.74) is 6.94. The van der Waals surface area contributed by atoms with Crippen LogP contribution in [-0.2, 0) is 14.4 Å². The Morgan fingerprint density at radius 2 is 1.82 bits per heavy atom. The van der Waals surface area contributed by atoms with E-state index in [-0.39, 0.29) is 22.5 Å². The fourth-order valence-corrected chi connectivity index (χ4v) is 4.70. The third-order valence-electron chi connectivity index (χ3n) is 4.45. The Bertz CT molecular complexity index is 1270. The highest BCUT2D eigenvalue weighted by atomic mass is 32.2. The summed E-state index contributed by atoms with van der Waals surface area (Å²) < 4.78 is 5.81. The number of hydrogen-bond donors (Lipinski definition) is 2. The molecule has 0 bridgehead atoms. The molecule has 1 saturated heterocycles. The van der Waals surface area contributed by atoms with E-state index in [9.17, 15) is 14.4 Å². The molecule has 0 spiro atoms. The van der Waals surface area contributed by atoms with Crippen molar-refractivity contribution in [3.05, 3.63) is 77.2 Å². The minimum atomic E-state index is -0.572. The van der Waals surface area contributed by atoms with E-state index in [0.29, 0.717) is 21.2 Å². The molecular formula is C23H18N4O4S3. The average molecular weight is 511 g/mol. The number of aromatic nitrogens is 1. The summed E-state index contributed by atoms with van der Waals surface area (Å²) >= 11 is 7.45. The fourth-order valence-electron chi connectivity index (χ4n) is 2.86. The van der Waals surface area contributed by atoms with Gasteiger partial charge in [0.05, 0.1) is 10.7 Å². The van der Waals surface area contributed by atoms with E-state index in [2.05, 4.69) is 15.8 Å². The molecule has 3 amide bonds. The molecule has 0 aliphatic carbocycles. The van der Waals surface area contributed by atoms with Gasteiger partial charge in [-0.15, -0.1) is 0 Å². The van der Waals surface area contributed by atoms with Crippen LogP contribution in [0.2, 0.25) is 0 Å². The predicted molar refractivity (Wildman–Crippen MR) is 136 cm³/mol. The van der Waals surface area contributed by atoms with Gasteiger partial charge in [-0.25, -0.2) is 4.98 Å². The average Bonchev–Trinajstić information content (AvgIpc) is 3.38. The summed E-state index contributed by atoms with van der Waals surface area (Å²) in [7, 11) is 0. The van der Waals surface area contributed by atoms with Crippen LogP contribution >= 0.6 is 35.7 Å². The number of nitrogens with zero attached hydrogens (tertiary/aromatic N) is 2. The summed E-state index contributed by atoms with van der Waals surface area (Å²) in [6.07, 6.45) is 5.29. The maximum atomic E-state index is 12.6. The van der Waals surface area contributed by atoms with E-state index in [1.165, 1.54) is 4.90 Å². The standard InChI is InChI=1S/C23H18N4O4S3/c28-19(25-26-20(29)14-33-22-24-16-10-4-5-11-17(16)31-22)13-27-21(30)18(34-23(27)32)12-6-9-15-7-2-1-3-8-15/h1-12H,13-14H2,(H,25,28)(H,26,29)/b9-6+,18-12-. The van der Waals surface area contributed by atoms with Crippen LogP contribution in [0.4, 0.5) is 0 Å². The Labute approximate surface area is 208 Å². The van der Waals surface area contributed by atoms with Crippen molar-refractivity contribution < 1.29 is 18.8 Å². The second-order valence-electron chi connectivity index (χ2n) is 6.89. The number of nitrogens with one attached hydrogen (secondary N) is 2. The second-order valence-corrected chi connectivity index (χ2v) is 9.49. The molecule has 2 heterocycles. The minimum absolute atomic E-state index is 0.00928. The van der Waals surface area contributed by atoms with Crippen molar-refractivity contribution in [1.29, 1.82) is 0 Å². The van der Waals surface area contributed by atoms with E-state index in [0.717, 1.165) is 29.1 Å². The highest BCUT2D eigenvalue weighted by Gasteiger charge is 2.33. The molecular weight excluding hydrogens is 492 g/mol. The zero-order valence-electron chi connectivity index (χ0n) is 17.6. The molecule has 0 atom stereocenters. The molecule has 3 aromatic rings. The van der Waals surface area contributed by atoms with Crippen molar-refractivity contribution in [2.24, 2.45) is 0 Å². The molecule has 11 heteroatoms. The maximum Gasteiger partial charge on any atom is 0.266 e. The van der Waals surface area contributed by atoms with Crippen molar-refractivity contribution in [2.75, 3.05) is 12.3 Å². The highest BCUT2D eigenvalue weighted by molar-refractivity contribution is 8.26. The number of thioether (sulfide) groups is 2. The molecule has 0 saturated carbocycles. The number of benzene rings is 2. The molecule has 1 aliphatic heterocycles. The lowest BCUT2D eigenvalue weighted by Gasteiger charge is -2.14. The molecule has 1 fully saturated rings. The van der Waals surface area contributed by atoms with Gasteiger partial charge >= 0.3 is 0 Å². The van der Waals surface area contributed by atoms with Crippen LogP contribution in [0.5, 0.6) is 0 Å². The van der Waals surface area contributed by atoms with Gasteiger partial charge in [0.1, 0.15) is 16.4 Å². The number of para-hydroxylation sites is 2. The van der Waals surface area contributed by atoms with Crippen LogP contribution in [0.25, 0.3) is 17.2 Å². The number of allylic oxidation sites excluding steroid dienone is 2.